The Labute approximate surface area is 113 Å². The summed E-state index contributed by atoms with van der Waals surface area (Å²) >= 11 is 0. The Morgan fingerprint density at radius 3 is 2.84 bits per heavy atom. The Morgan fingerprint density at radius 1 is 1.58 bits per heavy atom. The van der Waals surface area contributed by atoms with Gasteiger partial charge in [-0.25, -0.2) is 4.98 Å². The van der Waals surface area contributed by atoms with Gasteiger partial charge in [0.05, 0.1) is 6.10 Å². The lowest BCUT2D eigenvalue weighted by Gasteiger charge is -2.33. The molecule has 2 rings (SSSR count). The molecule has 5 heteroatoms. The number of rotatable bonds is 4. The van der Waals surface area contributed by atoms with Gasteiger partial charge in [-0.2, -0.15) is 0 Å². The predicted octanol–water partition coefficient (Wildman–Crippen LogP) is 1.23. The molecular weight excluding hydrogens is 242 g/mol. The molecule has 2 heterocycles. The Balaban J connectivity index is 2.03. The highest BCUT2D eigenvalue weighted by atomic mass is 16.3. The van der Waals surface area contributed by atoms with E-state index in [9.17, 15) is 9.90 Å². The summed E-state index contributed by atoms with van der Waals surface area (Å²) in [5.41, 5.74) is 6.09. The van der Waals surface area contributed by atoms with E-state index in [-0.39, 0.29) is 5.91 Å². The van der Waals surface area contributed by atoms with Crippen LogP contribution < -0.4 is 10.6 Å². The summed E-state index contributed by atoms with van der Waals surface area (Å²) in [4.78, 5) is 17.5. The number of aliphatic hydroxyl groups excluding tert-OH is 1. The van der Waals surface area contributed by atoms with Crippen LogP contribution in [0.1, 0.15) is 37.9 Å². The van der Waals surface area contributed by atoms with Crippen LogP contribution in [0.4, 0.5) is 5.82 Å². The van der Waals surface area contributed by atoms with Crippen molar-refractivity contribution in [1.29, 1.82) is 0 Å². The summed E-state index contributed by atoms with van der Waals surface area (Å²) in [5, 5.41) is 9.78. The van der Waals surface area contributed by atoms with E-state index in [4.69, 9.17) is 5.73 Å². The second-order valence-electron chi connectivity index (χ2n) is 5.19. The molecule has 1 aliphatic rings. The van der Waals surface area contributed by atoms with Crippen molar-refractivity contribution >= 4 is 11.7 Å². The molecule has 1 atom stereocenters. The minimum atomic E-state index is -0.521. The van der Waals surface area contributed by atoms with Crippen LogP contribution in [0.2, 0.25) is 0 Å². The SMILES string of the molecule is C[C@@H](O)c1cccnc1N1CCC(CC(N)=O)CC1. The van der Waals surface area contributed by atoms with Gasteiger partial charge in [-0.1, -0.05) is 6.07 Å². The minimum Gasteiger partial charge on any atom is -0.389 e. The van der Waals surface area contributed by atoms with Crippen LogP contribution in [0.15, 0.2) is 18.3 Å². The van der Waals surface area contributed by atoms with E-state index in [0.717, 1.165) is 37.3 Å². The molecule has 0 bridgehead atoms. The van der Waals surface area contributed by atoms with Gasteiger partial charge in [0.1, 0.15) is 5.82 Å². The molecule has 0 radical (unpaired) electrons. The van der Waals surface area contributed by atoms with Crippen molar-refractivity contribution in [3.05, 3.63) is 23.9 Å². The van der Waals surface area contributed by atoms with Crippen LogP contribution in [-0.2, 0) is 4.79 Å². The number of anilines is 1. The second-order valence-corrected chi connectivity index (χ2v) is 5.19. The van der Waals surface area contributed by atoms with E-state index in [0.29, 0.717) is 12.3 Å². The largest absolute Gasteiger partial charge is 0.389 e. The summed E-state index contributed by atoms with van der Waals surface area (Å²) in [6.07, 6.45) is 3.58. The fourth-order valence-electron chi connectivity index (χ4n) is 2.63. The van der Waals surface area contributed by atoms with E-state index in [2.05, 4.69) is 9.88 Å². The summed E-state index contributed by atoms with van der Waals surface area (Å²) in [5.74, 6) is 1.02. The first-order valence-electron chi connectivity index (χ1n) is 6.74. The van der Waals surface area contributed by atoms with Crippen LogP contribution in [0, 0.1) is 5.92 Å². The van der Waals surface area contributed by atoms with Gasteiger partial charge in [-0.05, 0) is 31.7 Å². The molecule has 1 saturated heterocycles. The van der Waals surface area contributed by atoms with Crippen LogP contribution in [0.25, 0.3) is 0 Å². The smallest absolute Gasteiger partial charge is 0.217 e. The quantitative estimate of drug-likeness (QED) is 0.856. The molecule has 104 valence electrons. The molecule has 1 aliphatic heterocycles. The number of carbonyl (C=O) groups is 1. The number of aliphatic hydroxyl groups is 1. The van der Waals surface area contributed by atoms with E-state index in [1.165, 1.54) is 0 Å². The average Bonchev–Trinajstić information content (AvgIpc) is 2.39. The molecule has 0 aliphatic carbocycles. The highest BCUT2D eigenvalue weighted by Gasteiger charge is 2.23. The number of amides is 1. The molecule has 0 spiro atoms. The van der Waals surface area contributed by atoms with Crippen molar-refractivity contribution in [2.24, 2.45) is 11.7 Å². The molecule has 19 heavy (non-hydrogen) atoms. The maximum Gasteiger partial charge on any atom is 0.217 e. The molecule has 1 aromatic heterocycles. The topological polar surface area (TPSA) is 79.5 Å². The van der Waals surface area contributed by atoms with Gasteiger partial charge in [0.2, 0.25) is 5.91 Å². The zero-order valence-corrected chi connectivity index (χ0v) is 11.2. The standard InChI is InChI=1S/C14H21N3O2/c1-10(18)12-3-2-6-16-14(12)17-7-4-11(5-8-17)9-13(15)19/h2-3,6,10-11,18H,4-5,7-9H2,1H3,(H2,15,19)/t10-/m1/s1. The maximum absolute atomic E-state index is 10.9. The van der Waals surface area contributed by atoms with Gasteiger partial charge in [0.25, 0.3) is 0 Å². The fourth-order valence-corrected chi connectivity index (χ4v) is 2.63. The lowest BCUT2D eigenvalue weighted by atomic mass is 9.93. The van der Waals surface area contributed by atoms with Crippen molar-refractivity contribution in [3.63, 3.8) is 0 Å². The highest BCUT2D eigenvalue weighted by Crippen LogP contribution is 2.28. The predicted molar refractivity (Wildman–Crippen MR) is 73.6 cm³/mol. The monoisotopic (exact) mass is 263 g/mol. The number of hydrogen-bond donors (Lipinski definition) is 2. The van der Waals surface area contributed by atoms with Crippen molar-refractivity contribution in [3.8, 4) is 0 Å². The van der Waals surface area contributed by atoms with E-state index < -0.39 is 6.10 Å². The number of nitrogens with zero attached hydrogens (tertiary/aromatic N) is 2. The molecule has 1 amide bonds. The zero-order chi connectivity index (χ0) is 13.8. The number of aromatic nitrogens is 1. The van der Waals surface area contributed by atoms with Gasteiger partial charge >= 0.3 is 0 Å². The summed E-state index contributed by atoms with van der Waals surface area (Å²) in [6.45, 7) is 3.46. The maximum atomic E-state index is 10.9. The summed E-state index contributed by atoms with van der Waals surface area (Å²) in [6, 6.07) is 3.74. The Bertz CT molecular complexity index is 440. The first-order valence-corrected chi connectivity index (χ1v) is 6.74. The van der Waals surface area contributed by atoms with E-state index in [1.807, 2.05) is 12.1 Å². The Kier molecular flexibility index (Phi) is 4.37. The minimum absolute atomic E-state index is 0.221. The zero-order valence-electron chi connectivity index (χ0n) is 11.2. The lowest BCUT2D eigenvalue weighted by Crippen LogP contribution is -2.36. The fraction of sp³-hybridized carbons (Fsp3) is 0.571. The van der Waals surface area contributed by atoms with Crippen molar-refractivity contribution in [2.75, 3.05) is 18.0 Å². The molecule has 0 aromatic carbocycles. The molecule has 1 aromatic rings. The van der Waals surface area contributed by atoms with Crippen LogP contribution in [0.3, 0.4) is 0 Å². The van der Waals surface area contributed by atoms with Gasteiger partial charge in [0.15, 0.2) is 0 Å². The third-order valence-corrected chi connectivity index (χ3v) is 3.67. The molecule has 0 saturated carbocycles. The molecule has 1 fully saturated rings. The summed E-state index contributed by atoms with van der Waals surface area (Å²) in [7, 11) is 0. The number of primary amides is 1. The highest BCUT2D eigenvalue weighted by molar-refractivity contribution is 5.74. The normalized spacial score (nSPS) is 18.3. The van der Waals surface area contributed by atoms with Gasteiger partial charge in [-0.3, -0.25) is 4.79 Å². The van der Waals surface area contributed by atoms with E-state index >= 15 is 0 Å². The molecular formula is C14H21N3O2. The number of carbonyl (C=O) groups excluding carboxylic acids is 1. The first kappa shape index (κ1) is 13.8. The van der Waals surface area contributed by atoms with Gasteiger partial charge in [0, 0.05) is 31.3 Å². The van der Waals surface area contributed by atoms with Crippen molar-refractivity contribution in [1.82, 2.24) is 4.98 Å². The third kappa shape index (κ3) is 3.44. The number of pyridine rings is 1. The Hall–Kier alpha value is -1.62. The van der Waals surface area contributed by atoms with Crippen LogP contribution >= 0.6 is 0 Å². The molecule has 3 N–H and O–H groups in total. The summed E-state index contributed by atoms with van der Waals surface area (Å²) < 4.78 is 0. The third-order valence-electron chi connectivity index (χ3n) is 3.67. The van der Waals surface area contributed by atoms with E-state index in [1.54, 1.807) is 13.1 Å². The average molecular weight is 263 g/mol. The first-order chi connectivity index (χ1) is 9.08. The number of hydrogen-bond acceptors (Lipinski definition) is 4. The van der Waals surface area contributed by atoms with Crippen molar-refractivity contribution in [2.45, 2.75) is 32.3 Å². The Morgan fingerprint density at radius 2 is 2.26 bits per heavy atom. The number of nitrogens with two attached hydrogens (primary N) is 1. The second kappa shape index (κ2) is 6.02. The lowest BCUT2D eigenvalue weighted by molar-refractivity contribution is -0.119. The van der Waals surface area contributed by atoms with Gasteiger partial charge in [-0.15, -0.1) is 0 Å². The molecule has 5 nitrogen and oxygen atoms in total. The number of piperidine rings is 1. The molecule has 0 unspecified atom stereocenters. The van der Waals surface area contributed by atoms with Crippen LogP contribution in [0.5, 0.6) is 0 Å². The van der Waals surface area contributed by atoms with Crippen LogP contribution in [-0.4, -0.2) is 29.1 Å². The van der Waals surface area contributed by atoms with Crippen molar-refractivity contribution < 1.29 is 9.90 Å². The van der Waals surface area contributed by atoms with Gasteiger partial charge < -0.3 is 15.7 Å².